The van der Waals surface area contributed by atoms with E-state index in [4.69, 9.17) is 9.97 Å². The highest BCUT2D eigenvalue weighted by Gasteiger charge is 2.43. The van der Waals surface area contributed by atoms with Crippen LogP contribution in [-0.2, 0) is 5.41 Å². The summed E-state index contributed by atoms with van der Waals surface area (Å²) in [5, 5.41) is 0. The van der Waals surface area contributed by atoms with Crippen LogP contribution >= 0.6 is 0 Å². The number of hydrogen-bond donors (Lipinski definition) is 0. The van der Waals surface area contributed by atoms with Gasteiger partial charge in [0.2, 0.25) is 0 Å². The molecule has 2 aliphatic rings. The van der Waals surface area contributed by atoms with Gasteiger partial charge in [-0.2, -0.15) is 0 Å². The largest absolute Gasteiger partial charge is 0.264 e. The van der Waals surface area contributed by atoms with Gasteiger partial charge in [0.1, 0.15) is 0 Å². The molecule has 0 aliphatic heterocycles. The Balaban J connectivity index is 0.895. The monoisotopic (exact) mass is 769 g/mol. The molecule has 3 nitrogen and oxygen atoms in total. The lowest BCUT2D eigenvalue weighted by Gasteiger charge is -2.36. The summed E-state index contributed by atoms with van der Waals surface area (Å²) in [4.78, 5) is 14.5. The molecular formula is C57H43N3. The SMILES string of the molecule is c1ccc(-c2nc(-c3ccc(-c4cccnc4)cc3)cc(-c3cccc(-c4cccc(-c5ccc(-c6ccc7c(c6)C6(CCCCC6)c6ccccc6-7)cc5)c4)c3)n2)cc1. The lowest BCUT2D eigenvalue weighted by atomic mass is 9.67. The van der Waals surface area contributed by atoms with E-state index < -0.39 is 0 Å². The molecule has 286 valence electrons. The maximum absolute atomic E-state index is 5.13. The molecule has 11 rings (SSSR count). The molecule has 0 radical (unpaired) electrons. The smallest absolute Gasteiger partial charge is 0.160 e. The van der Waals surface area contributed by atoms with Gasteiger partial charge in [-0.1, -0.05) is 177 Å². The Bertz CT molecular complexity index is 2980. The Morgan fingerprint density at radius 3 is 1.55 bits per heavy atom. The number of hydrogen-bond acceptors (Lipinski definition) is 3. The second-order valence-corrected chi connectivity index (χ2v) is 16.3. The molecular weight excluding hydrogens is 727 g/mol. The van der Waals surface area contributed by atoms with Crippen LogP contribution in [-0.4, -0.2) is 15.0 Å². The van der Waals surface area contributed by atoms with Crippen LogP contribution < -0.4 is 0 Å². The van der Waals surface area contributed by atoms with Crippen LogP contribution in [0.25, 0.3) is 89.5 Å². The van der Waals surface area contributed by atoms with Crippen LogP contribution in [0, 0.1) is 0 Å². The zero-order chi connectivity index (χ0) is 39.9. The fourth-order valence-electron chi connectivity index (χ4n) is 9.75. The third-order valence-corrected chi connectivity index (χ3v) is 12.8. The zero-order valence-electron chi connectivity index (χ0n) is 33.4. The summed E-state index contributed by atoms with van der Waals surface area (Å²) in [5.41, 5.74) is 20.4. The average Bonchev–Trinajstić information content (AvgIpc) is 3.60. The molecule has 1 saturated carbocycles. The van der Waals surface area contributed by atoms with Gasteiger partial charge in [-0.25, -0.2) is 9.97 Å². The van der Waals surface area contributed by atoms with Gasteiger partial charge in [-0.05, 0) is 110 Å². The summed E-state index contributed by atoms with van der Waals surface area (Å²) < 4.78 is 0. The Morgan fingerprint density at radius 2 is 0.850 bits per heavy atom. The Kier molecular flexibility index (Phi) is 9.08. The first-order valence-corrected chi connectivity index (χ1v) is 21.2. The minimum atomic E-state index is 0.158. The van der Waals surface area contributed by atoms with Crippen molar-refractivity contribution in [3.05, 3.63) is 212 Å². The molecule has 0 amide bonds. The average molecular weight is 770 g/mol. The molecule has 0 bridgehead atoms. The highest BCUT2D eigenvalue weighted by Crippen LogP contribution is 2.56. The van der Waals surface area contributed by atoms with Crippen LogP contribution in [0.1, 0.15) is 43.2 Å². The highest BCUT2D eigenvalue weighted by molar-refractivity contribution is 5.85. The quantitative estimate of drug-likeness (QED) is 0.162. The molecule has 2 aromatic heterocycles. The van der Waals surface area contributed by atoms with E-state index in [0.717, 1.165) is 50.3 Å². The van der Waals surface area contributed by atoms with Crippen molar-refractivity contribution in [1.29, 1.82) is 0 Å². The molecule has 2 heterocycles. The first kappa shape index (κ1) is 35.9. The second kappa shape index (κ2) is 15.2. The summed E-state index contributed by atoms with van der Waals surface area (Å²) in [6, 6.07) is 68.0. The summed E-state index contributed by atoms with van der Waals surface area (Å²) in [6.07, 6.45) is 10.1. The van der Waals surface area contributed by atoms with Gasteiger partial charge in [-0.15, -0.1) is 0 Å². The van der Waals surface area contributed by atoms with E-state index in [9.17, 15) is 0 Å². The molecule has 1 spiro atoms. The van der Waals surface area contributed by atoms with Crippen LogP contribution in [0.5, 0.6) is 0 Å². The van der Waals surface area contributed by atoms with Crippen molar-refractivity contribution >= 4 is 0 Å². The maximum atomic E-state index is 5.13. The summed E-state index contributed by atoms with van der Waals surface area (Å²) in [6.45, 7) is 0. The van der Waals surface area contributed by atoms with E-state index >= 15 is 0 Å². The van der Waals surface area contributed by atoms with Crippen molar-refractivity contribution in [2.24, 2.45) is 0 Å². The normalized spacial score (nSPS) is 13.8. The topological polar surface area (TPSA) is 38.7 Å². The number of benzene rings is 7. The standard InChI is InChI=1S/C57H43N3/c1-3-12-43(13-4-1)56-59-54(42-27-25-41(26-28-42)49-18-11-33-58-38-49)37-55(60-56)48-17-10-16-46(35-48)45-15-9-14-44(34-45)39-21-23-40(24-22-39)47-29-30-51-50-19-5-6-20-52(50)57(53(51)36-47)31-7-2-8-32-57/h1,3-6,9-30,33-38H,2,7-8,31-32H2. The summed E-state index contributed by atoms with van der Waals surface area (Å²) in [5.74, 6) is 0.703. The molecule has 0 saturated heterocycles. The fraction of sp³-hybridized carbons (Fsp3) is 0.105. The molecule has 3 heteroatoms. The highest BCUT2D eigenvalue weighted by atomic mass is 14.9. The number of rotatable bonds is 7. The van der Waals surface area contributed by atoms with Gasteiger partial charge in [0, 0.05) is 34.5 Å². The predicted octanol–water partition coefficient (Wildman–Crippen LogP) is 14.8. The number of nitrogens with zero attached hydrogens (tertiary/aromatic N) is 3. The second-order valence-electron chi connectivity index (χ2n) is 16.3. The van der Waals surface area contributed by atoms with Gasteiger partial charge >= 0.3 is 0 Å². The van der Waals surface area contributed by atoms with E-state index in [1.165, 1.54) is 71.0 Å². The van der Waals surface area contributed by atoms with Gasteiger partial charge < -0.3 is 0 Å². The molecule has 1 fully saturated rings. The zero-order valence-corrected chi connectivity index (χ0v) is 33.4. The van der Waals surface area contributed by atoms with Crippen LogP contribution in [0.3, 0.4) is 0 Å². The predicted molar refractivity (Wildman–Crippen MR) is 247 cm³/mol. The van der Waals surface area contributed by atoms with Gasteiger partial charge in [0.05, 0.1) is 11.4 Å². The Morgan fingerprint density at radius 1 is 0.333 bits per heavy atom. The summed E-state index contributed by atoms with van der Waals surface area (Å²) >= 11 is 0. The molecule has 0 N–H and O–H groups in total. The van der Waals surface area contributed by atoms with E-state index in [-0.39, 0.29) is 5.41 Å². The van der Waals surface area contributed by atoms with E-state index in [1.807, 2.05) is 30.5 Å². The van der Waals surface area contributed by atoms with Crippen molar-refractivity contribution in [3.63, 3.8) is 0 Å². The van der Waals surface area contributed by atoms with Crippen LogP contribution in [0.4, 0.5) is 0 Å². The summed E-state index contributed by atoms with van der Waals surface area (Å²) in [7, 11) is 0. The Hall–Kier alpha value is -7.23. The van der Waals surface area contributed by atoms with E-state index in [0.29, 0.717) is 5.82 Å². The minimum absolute atomic E-state index is 0.158. The third kappa shape index (κ3) is 6.53. The molecule has 0 unspecified atom stereocenters. The van der Waals surface area contributed by atoms with Crippen molar-refractivity contribution in [1.82, 2.24) is 15.0 Å². The number of pyridine rings is 1. The number of fused-ring (bicyclic) bond motifs is 5. The first-order valence-electron chi connectivity index (χ1n) is 21.2. The van der Waals surface area contributed by atoms with E-state index in [1.54, 1.807) is 11.8 Å². The molecule has 60 heavy (non-hydrogen) atoms. The van der Waals surface area contributed by atoms with Gasteiger partial charge in [0.15, 0.2) is 5.82 Å². The van der Waals surface area contributed by atoms with Crippen molar-refractivity contribution in [2.45, 2.75) is 37.5 Å². The van der Waals surface area contributed by atoms with Crippen molar-refractivity contribution < 1.29 is 0 Å². The minimum Gasteiger partial charge on any atom is -0.264 e. The van der Waals surface area contributed by atoms with Crippen molar-refractivity contribution in [2.75, 3.05) is 0 Å². The molecule has 7 aromatic carbocycles. The molecule has 9 aromatic rings. The molecule has 0 atom stereocenters. The van der Waals surface area contributed by atoms with Gasteiger partial charge in [0.25, 0.3) is 0 Å². The van der Waals surface area contributed by atoms with Gasteiger partial charge in [-0.3, -0.25) is 4.98 Å². The van der Waals surface area contributed by atoms with Crippen molar-refractivity contribution in [3.8, 4) is 89.5 Å². The Labute approximate surface area is 352 Å². The van der Waals surface area contributed by atoms with E-state index in [2.05, 4.69) is 169 Å². The lowest BCUT2D eigenvalue weighted by molar-refractivity contribution is 0.353. The maximum Gasteiger partial charge on any atom is 0.160 e. The molecule has 2 aliphatic carbocycles. The first-order chi connectivity index (χ1) is 29.7. The third-order valence-electron chi connectivity index (χ3n) is 12.8. The van der Waals surface area contributed by atoms with Crippen LogP contribution in [0.2, 0.25) is 0 Å². The fourth-order valence-corrected chi connectivity index (χ4v) is 9.75. The van der Waals surface area contributed by atoms with Crippen LogP contribution in [0.15, 0.2) is 200 Å². The lowest BCUT2D eigenvalue weighted by Crippen LogP contribution is -2.28. The number of aromatic nitrogens is 3.